The molecule has 0 saturated heterocycles. The van der Waals surface area contributed by atoms with Crippen LogP contribution < -0.4 is 15.8 Å². The summed E-state index contributed by atoms with van der Waals surface area (Å²) in [6, 6.07) is 10.9. The molecule has 2 aromatic carbocycles. The standard InChI is InChI=1S/C26H29F2N3O3/c1-5-8-21(6-2)30-22-13-18(15-32-7-3)12-20(14-22)26(16-33-25(29)31-26)19-9-10-23(17(4)11-19)34-24(27)28/h5-6,8-14,24,30H,1-2,7,15-16H2,3-4H3,(H2,29,31)/b21-8+. The highest BCUT2D eigenvalue weighted by atomic mass is 19.3. The number of nitrogens with one attached hydrogen (secondary N) is 1. The van der Waals surface area contributed by atoms with Crippen molar-refractivity contribution in [2.24, 2.45) is 10.7 Å². The number of hydrogen-bond acceptors (Lipinski definition) is 6. The quantitative estimate of drug-likeness (QED) is 0.432. The van der Waals surface area contributed by atoms with Gasteiger partial charge in [-0.25, -0.2) is 4.99 Å². The van der Waals surface area contributed by atoms with Gasteiger partial charge in [-0.15, -0.1) is 0 Å². The van der Waals surface area contributed by atoms with E-state index in [1.165, 1.54) is 6.07 Å². The number of benzene rings is 2. The Bertz CT molecular complexity index is 1110. The number of ether oxygens (including phenoxy) is 3. The van der Waals surface area contributed by atoms with Gasteiger partial charge in [0.25, 0.3) is 6.02 Å². The van der Waals surface area contributed by atoms with E-state index in [9.17, 15) is 8.78 Å². The molecule has 3 rings (SSSR count). The van der Waals surface area contributed by atoms with Crippen LogP contribution in [0.25, 0.3) is 0 Å². The number of aliphatic imine (C=N–C) groups is 1. The molecule has 180 valence electrons. The maximum absolute atomic E-state index is 12.8. The second-order valence-electron chi connectivity index (χ2n) is 7.70. The van der Waals surface area contributed by atoms with Crippen LogP contribution in [0.2, 0.25) is 0 Å². The third-order valence-corrected chi connectivity index (χ3v) is 5.35. The Morgan fingerprint density at radius 3 is 2.65 bits per heavy atom. The number of allylic oxidation sites excluding steroid dienone is 3. The molecule has 0 bridgehead atoms. The first-order valence-electron chi connectivity index (χ1n) is 10.8. The lowest BCUT2D eigenvalue weighted by Gasteiger charge is -2.27. The minimum absolute atomic E-state index is 0.0496. The summed E-state index contributed by atoms with van der Waals surface area (Å²) in [4.78, 5) is 4.65. The number of hydrogen-bond donors (Lipinski definition) is 2. The maximum atomic E-state index is 12.8. The molecule has 1 aliphatic heterocycles. The number of nitrogens with zero attached hydrogens (tertiary/aromatic N) is 1. The van der Waals surface area contributed by atoms with Crippen LogP contribution in [0.3, 0.4) is 0 Å². The molecule has 0 aliphatic carbocycles. The van der Waals surface area contributed by atoms with E-state index >= 15 is 0 Å². The first-order chi connectivity index (χ1) is 16.3. The van der Waals surface area contributed by atoms with Crippen LogP contribution in [0.1, 0.15) is 29.2 Å². The van der Waals surface area contributed by atoms with Crippen molar-refractivity contribution >= 4 is 11.7 Å². The fourth-order valence-corrected chi connectivity index (χ4v) is 3.79. The Kier molecular flexibility index (Phi) is 8.07. The number of aryl methyl sites for hydroxylation is 1. The molecule has 1 heterocycles. The molecule has 34 heavy (non-hydrogen) atoms. The van der Waals surface area contributed by atoms with Crippen molar-refractivity contribution < 1.29 is 23.0 Å². The van der Waals surface area contributed by atoms with Crippen molar-refractivity contribution in [2.75, 3.05) is 18.5 Å². The Labute approximate surface area is 198 Å². The van der Waals surface area contributed by atoms with Gasteiger partial charge < -0.3 is 25.3 Å². The molecule has 2 aromatic rings. The molecule has 0 amide bonds. The molecule has 0 aromatic heterocycles. The van der Waals surface area contributed by atoms with Gasteiger partial charge in [-0.1, -0.05) is 31.4 Å². The van der Waals surface area contributed by atoms with Gasteiger partial charge in [-0.3, -0.25) is 0 Å². The number of nitrogens with two attached hydrogens (primary N) is 1. The van der Waals surface area contributed by atoms with Gasteiger partial charge in [-0.05, 0) is 72.5 Å². The predicted octanol–water partition coefficient (Wildman–Crippen LogP) is 5.39. The van der Waals surface area contributed by atoms with E-state index in [1.54, 1.807) is 37.3 Å². The molecule has 0 fully saturated rings. The number of halogens is 2. The van der Waals surface area contributed by atoms with E-state index in [-0.39, 0.29) is 18.4 Å². The van der Waals surface area contributed by atoms with Gasteiger partial charge in [0, 0.05) is 18.0 Å². The van der Waals surface area contributed by atoms with Crippen LogP contribution in [0.4, 0.5) is 14.5 Å². The summed E-state index contributed by atoms with van der Waals surface area (Å²) in [7, 11) is 0. The molecular formula is C26H29F2N3O3. The molecule has 0 spiro atoms. The summed E-state index contributed by atoms with van der Waals surface area (Å²) in [6.07, 6.45) is 5.15. The lowest BCUT2D eigenvalue weighted by atomic mass is 9.82. The highest BCUT2D eigenvalue weighted by molar-refractivity contribution is 5.75. The van der Waals surface area contributed by atoms with Crippen LogP contribution in [0.5, 0.6) is 5.75 Å². The van der Waals surface area contributed by atoms with Gasteiger partial charge in [0.15, 0.2) is 5.54 Å². The average Bonchev–Trinajstić information content (AvgIpc) is 3.21. The summed E-state index contributed by atoms with van der Waals surface area (Å²) in [5.41, 5.74) is 9.51. The SMILES string of the molecule is C=C/C=C(\C=C)Nc1cc(COCC)cc(C2(c3ccc(OC(F)F)c(C)c3)COC(N)=N2)c1. The summed E-state index contributed by atoms with van der Waals surface area (Å²) in [5, 5.41) is 3.32. The minimum atomic E-state index is -2.91. The van der Waals surface area contributed by atoms with Crippen LogP contribution in [0, 0.1) is 6.92 Å². The third kappa shape index (κ3) is 5.63. The predicted molar refractivity (Wildman–Crippen MR) is 130 cm³/mol. The van der Waals surface area contributed by atoms with E-state index in [2.05, 4.69) is 28.2 Å². The topological polar surface area (TPSA) is 78.1 Å². The number of rotatable bonds is 11. The van der Waals surface area contributed by atoms with Crippen molar-refractivity contribution in [1.29, 1.82) is 0 Å². The fraction of sp³-hybridized carbons (Fsp3) is 0.269. The number of anilines is 1. The van der Waals surface area contributed by atoms with E-state index in [0.717, 1.165) is 28.1 Å². The highest BCUT2D eigenvalue weighted by Gasteiger charge is 2.41. The van der Waals surface area contributed by atoms with Crippen LogP contribution in [-0.4, -0.2) is 25.8 Å². The Balaban J connectivity index is 2.14. The Morgan fingerprint density at radius 2 is 2.06 bits per heavy atom. The monoisotopic (exact) mass is 469 g/mol. The third-order valence-electron chi connectivity index (χ3n) is 5.35. The van der Waals surface area contributed by atoms with Crippen molar-refractivity contribution in [3.63, 3.8) is 0 Å². The van der Waals surface area contributed by atoms with E-state index < -0.39 is 12.2 Å². The van der Waals surface area contributed by atoms with Crippen molar-refractivity contribution in [1.82, 2.24) is 0 Å². The Hall–Kier alpha value is -3.65. The molecule has 8 heteroatoms. The zero-order chi connectivity index (χ0) is 24.7. The van der Waals surface area contributed by atoms with Crippen LogP contribution in [0.15, 0.2) is 78.5 Å². The zero-order valence-corrected chi connectivity index (χ0v) is 19.3. The van der Waals surface area contributed by atoms with Crippen molar-refractivity contribution in [3.8, 4) is 5.75 Å². The highest BCUT2D eigenvalue weighted by Crippen LogP contribution is 2.40. The normalized spacial score (nSPS) is 17.8. The molecule has 1 aliphatic rings. The first-order valence-corrected chi connectivity index (χ1v) is 10.8. The zero-order valence-electron chi connectivity index (χ0n) is 19.3. The lowest BCUT2D eigenvalue weighted by Crippen LogP contribution is -2.28. The molecule has 0 saturated carbocycles. The molecule has 1 atom stereocenters. The first kappa shape index (κ1) is 25.0. The summed E-state index contributed by atoms with van der Waals surface area (Å²) < 4.78 is 41.4. The average molecular weight is 470 g/mol. The van der Waals surface area contributed by atoms with Gasteiger partial charge in [0.1, 0.15) is 12.4 Å². The van der Waals surface area contributed by atoms with Crippen LogP contribution >= 0.6 is 0 Å². The fourth-order valence-electron chi connectivity index (χ4n) is 3.79. The lowest BCUT2D eigenvalue weighted by molar-refractivity contribution is -0.0503. The Morgan fingerprint density at radius 1 is 1.26 bits per heavy atom. The second kappa shape index (κ2) is 11.0. The van der Waals surface area contributed by atoms with Crippen molar-refractivity contribution in [2.45, 2.75) is 32.6 Å². The van der Waals surface area contributed by atoms with Gasteiger partial charge in [0.2, 0.25) is 0 Å². The molecular weight excluding hydrogens is 440 g/mol. The summed E-state index contributed by atoms with van der Waals surface area (Å²) >= 11 is 0. The largest absolute Gasteiger partial charge is 0.462 e. The van der Waals surface area contributed by atoms with Crippen LogP contribution in [-0.2, 0) is 21.6 Å². The van der Waals surface area contributed by atoms with E-state index in [1.807, 2.05) is 25.1 Å². The van der Waals surface area contributed by atoms with Gasteiger partial charge >= 0.3 is 6.61 Å². The molecule has 3 N–H and O–H groups in total. The molecule has 6 nitrogen and oxygen atoms in total. The maximum Gasteiger partial charge on any atom is 0.387 e. The van der Waals surface area contributed by atoms with Gasteiger partial charge in [-0.2, -0.15) is 8.78 Å². The number of alkyl halides is 2. The minimum Gasteiger partial charge on any atom is -0.462 e. The summed E-state index contributed by atoms with van der Waals surface area (Å²) in [6.45, 7) is 9.39. The second-order valence-corrected chi connectivity index (χ2v) is 7.70. The van der Waals surface area contributed by atoms with E-state index in [0.29, 0.717) is 18.8 Å². The summed E-state index contributed by atoms with van der Waals surface area (Å²) in [5.74, 6) is 0.0995. The molecule has 1 unspecified atom stereocenters. The molecule has 0 radical (unpaired) electrons. The smallest absolute Gasteiger partial charge is 0.387 e. The number of amidine groups is 1. The van der Waals surface area contributed by atoms with E-state index in [4.69, 9.17) is 15.2 Å². The van der Waals surface area contributed by atoms with Crippen molar-refractivity contribution in [3.05, 3.63) is 95.7 Å². The van der Waals surface area contributed by atoms with Gasteiger partial charge in [0.05, 0.1) is 6.61 Å².